The lowest BCUT2D eigenvalue weighted by Gasteiger charge is -2.27. The van der Waals surface area contributed by atoms with E-state index >= 15 is 0 Å². The summed E-state index contributed by atoms with van der Waals surface area (Å²) < 4.78 is 0. The summed E-state index contributed by atoms with van der Waals surface area (Å²) in [6.07, 6.45) is 12.9. The minimum Gasteiger partial charge on any atom is -0.298 e. The molecule has 0 spiro atoms. The number of hydrogen-bond donors (Lipinski definition) is 0. The summed E-state index contributed by atoms with van der Waals surface area (Å²) in [4.78, 5) is 14.5. The molecular weight excluding hydrogens is 210 g/mol. The van der Waals surface area contributed by atoms with E-state index in [1.54, 1.807) is 0 Å². The van der Waals surface area contributed by atoms with E-state index in [9.17, 15) is 4.79 Å². The average molecular weight is 237 g/mol. The molecule has 98 valence electrons. The van der Waals surface area contributed by atoms with Crippen LogP contribution < -0.4 is 0 Å². The number of rotatable bonds is 4. The number of nitrogens with zero attached hydrogens (tertiary/aromatic N) is 1. The molecule has 2 heteroatoms. The van der Waals surface area contributed by atoms with Gasteiger partial charge in [0.2, 0.25) is 0 Å². The van der Waals surface area contributed by atoms with Crippen molar-refractivity contribution in [1.29, 1.82) is 0 Å². The Balaban J connectivity index is 1.78. The fourth-order valence-corrected chi connectivity index (χ4v) is 3.45. The van der Waals surface area contributed by atoms with Crippen LogP contribution in [-0.4, -0.2) is 30.3 Å². The first-order valence-electron chi connectivity index (χ1n) is 7.50. The van der Waals surface area contributed by atoms with Gasteiger partial charge in [-0.15, -0.1) is 0 Å². The fourth-order valence-electron chi connectivity index (χ4n) is 3.45. The normalized spacial score (nSPS) is 24.1. The summed E-state index contributed by atoms with van der Waals surface area (Å²) in [5.41, 5.74) is 0. The smallest absolute Gasteiger partial charge is 0.149 e. The zero-order valence-corrected chi connectivity index (χ0v) is 11.3. The quantitative estimate of drug-likeness (QED) is 0.698. The molecular formula is C15H27NO. The number of carbonyl (C=O) groups excluding carboxylic acids is 1. The van der Waals surface area contributed by atoms with Crippen molar-refractivity contribution in [2.24, 2.45) is 5.92 Å². The van der Waals surface area contributed by atoms with Gasteiger partial charge in [0.15, 0.2) is 0 Å². The van der Waals surface area contributed by atoms with Crippen molar-refractivity contribution in [3.8, 4) is 0 Å². The highest BCUT2D eigenvalue weighted by molar-refractivity contribution is 5.83. The maximum Gasteiger partial charge on any atom is 0.149 e. The maximum absolute atomic E-state index is 12.1. The molecule has 2 aliphatic rings. The molecule has 0 aromatic rings. The van der Waals surface area contributed by atoms with Crippen LogP contribution in [0.5, 0.6) is 0 Å². The van der Waals surface area contributed by atoms with Gasteiger partial charge in [0.25, 0.3) is 0 Å². The van der Waals surface area contributed by atoms with Crippen molar-refractivity contribution in [2.75, 3.05) is 13.6 Å². The van der Waals surface area contributed by atoms with E-state index in [2.05, 4.69) is 11.9 Å². The van der Waals surface area contributed by atoms with E-state index in [0.717, 1.165) is 12.8 Å². The molecule has 0 heterocycles. The van der Waals surface area contributed by atoms with Crippen LogP contribution >= 0.6 is 0 Å². The predicted octanol–water partition coefficient (Wildman–Crippen LogP) is 3.40. The summed E-state index contributed by atoms with van der Waals surface area (Å²) in [6.45, 7) is 0.704. The predicted molar refractivity (Wildman–Crippen MR) is 71.1 cm³/mol. The topological polar surface area (TPSA) is 20.3 Å². The third-order valence-corrected chi connectivity index (χ3v) is 4.66. The zero-order valence-electron chi connectivity index (χ0n) is 11.3. The lowest BCUT2D eigenvalue weighted by molar-refractivity contribution is -0.124. The summed E-state index contributed by atoms with van der Waals surface area (Å²) in [7, 11) is 2.16. The van der Waals surface area contributed by atoms with Crippen LogP contribution in [0.2, 0.25) is 0 Å². The molecule has 2 nitrogen and oxygen atoms in total. The molecule has 0 aliphatic heterocycles. The summed E-state index contributed by atoms with van der Waals surface area (Å²) in [5.74, 6) is 0.900. The lowest BCUT2D eigenvalue weighted by atomic mass is 10.0. The summed E-state index contributed by atoms with van der Waals surface area (Å²) >= 11 is 0. The van der Waals surface area contributed by atoms with Crippen molar-refractivity contribution in [1.82, 2.24) is 4.90 Å². The van der Waals surface area contributed by atoms with Gasteiger partial charge in [-0.05, 0) is 32.7 Å². The molecule has 2 rings (SSSR count). The van der Waals surface area contributed by atoms with E-state index in [1.807, 2.05) is 0 Å². The molecule has 0 atom stereocenters. The largest absolute Gasteiger partial charge is 0.298 e. The number of hydrogen-bond acceptors (Lipinski definition) is 2. The second kappa shape index (κ2) is 6.53. The van der Waals surface area contributed by atoms with E-state index in [0.29, 0.717) is 24.3 Å². The van der Waals surface area contributed by atoms with Gasteiger partial charge >= 0.3 is 0 Å². The maximum atomic E-state index is 12.1. The van der Waals surface area contributed by atoms with Crippen LogP contribution in [0.1, 0.15) is 64.2 Å². The third-order valence-electron chi connectivity index (χ3n) is 4.66. The van der Waals surface area contributed by atoms with Crippen molar-refractivity contribution >= 4 is 5.78 Å². The average Bonchev–Trinajstić information content (AvgIpc) is 2.71. The van der Waals surface area contributed by atoms with Crippen LogP contribution in [0.15, 0.2) is 0 Å². The van der Waals surface area contributed by atoms with Crippen molar-refractivity contribution in [2.45, 2.75) is 70.3 Å². The first-order valence-corrected chi connectivity index (χ1v) is 7.50. The Morgan fingerprint density at radius 3 is 2.06 bits per heavy atom. The van der Waals surface area contributed by atoms with E-state index in [4.69, 9.17) is 0 Å². The van der Waals surface area contributed by atoms with Crippen LogP contribution in [0.4, 0.5) is 0 Å². The van der Waals surface area contributed by atoms with E-state index in [1.165, 1.54) is 51.4 Å². The van der Waals surface area contributed by atoms with Gasteiger partial charge in [0.05, 0.1) is 6.54 Å². The SMILES string of the molecule is CN(CC(=O)C1CCCC1)C1CCCCCC1. The van der Waals surface area contributed by atoms with Crippen molar-refractivity contribution < 1.29 is 4.79 Å². The minimum atomic E-state index is 0.392. The van der Waals surface area contributed by atoms with Crippen molar-refractivity contribution in [3.05, 3.63) is 0 Å². The molecule has 2 aliphatic carbocycles. The highest BCUT2D eigenvalue weighted by Crippen LogP contribution is 2.26. The van der Waals surface area contributed by atoms with Gasteiger partial charge in [-0.1, -0.05) is 38.5 Å². The number of carbonyl (C=O) groups is 1. The zero-order chi connectivity index (χ0) is 12.1. The van der Waals surface area contributed by atoms with Crippen LogP contribution in [0.3, 0.4) is 0 Å². The van der Waals surface area contributed by atoms with Gasteiger partial charge < -0.3 is 0 Å². The van der Waals surface area contributed by atoms with Crippen LogP contribution in [0, 0.1) is 5.92 Å². The first kappa shape index (κ1) is 13.1. The fraction of sp³-hybridized carbons (Fsp3) is 0.933. The second-order valence-electron chi connectivity index (χ2n) is 6.01. The Hall–Kier alpha value is -0.370. The highest BCUT2D eigenvalue weighted by atomic mass is 16.1. The monoisotopic (exact) mass is 237 g/mol. The molecule has 0 N–H and O–H groups in total. The Morgan fingerprint density at radius 2 is 1.47 bits per heavy atom. The third kappa shape index (κ3) is 3.80. The molecule has 2 saturated carbocycles. The number of Topliss-reactive ketones (excluding diaryl/α,β-unsaturated/α-hetero) is 1. The standard InChI is InChI=1S/C15H27NO/c1-16(14-10-4-2-3-5-11-14)12-15(17)13-8-6-7-9-13/h13-14H,2-12H2,1H3. The van der Waals surface area contributed by atoms with Gasteiger partial charge in [-0.25, -0.2) is 0 Å². The Labute approximate surface area is 106 Å². The van der Waals surface area contributed by atoms with Gasteiger partial charge in [0, 0.05) is 12.0 Å². The minimum absolute atomic E-state index is 0.392. The van der Waals surface area contributed by atoms with Gasteiger partial charge in [-0.3, -0.25) is 9.69 Å². The van der Waals surface area contributed by atoms with Crippen molar-refractivity contribution in [3.63, 3.8) is 0 Å². The highest BCUT2D eigenvalue weighted by Gasteiger charge is 2.25. The Kier molecular flexibility index (Phi) is 5.02. The molecule has 0 aromatic carbocycles. The van der Waals surface area contributed by atoms with Gasteiger partial charge in [0.1, 0.15) is 5.78 Å². The molecule has 0 amide bonds. The molecule has 0 bridgehead atoms. The van der Waals surface area contributed by atoms with Crippen LogP contribution in [0.25, 0.3) is 0 Å². The number of ketones is 1. The molecule has 0 aromatic heterocycles. The first-order chi connectivity index (χ1) is 8.27. The molecule has 0 radical (unpaired) electrons. The Bertz CT molecular complexity index is 237. The number of likely N-dealkylation sites (N-methyl/N-ethyl adjacent to an activating group) is 1. The molecule has 0 saturated heterocycles. The summed E-state index contributed by atoms with van der Waals surface area (Å²) in [5, 5.41) is 0. The molecule has 2 fully saturated rings. The van der Waals surface area contributed by atoms with E-state index < -0.39 is 0 Å². The van der Waals surface area contributed by atoms with Crippen LogP contribution in [-0.2, 0) is 4.79 Å². The molecule has 0 unspecified atom stereocenters. The molecule has 17 heavy (non-hydrogen) atoms. The second-order valence-corrected chi connectivity index (χ2v) is 6.01. The Morgan fingerprint density at radius 1 is 0.941 bits per heavy atom. The van der Waals surface area contributed by atoms with E-state index in [-0.39, 0.29) is 0 Å². The summed E-state index contributed by atoms with van der Waals surface area (Å²) in [6, 6.07) is 0.669. The lowest BCUT2D eigenvalue weighted by Crippen LogP contribution is -2.37. The van der Waals surface area contributed by atoms with Gasteiger partial charge in [-0.2, -0.15) is 0 Å².